The summed E-state index contributed by atoms with van der Waals surface area (Å²) in [5.41, 5.74) is 7.84. The fraction of sp³-hybridized carbons (Fsp3) is 0.500. The number of benzene rings is 1. The first-order valence-corrected chi connectivity index (χ1v) is 6.40. The van der Waals surface area contributed by atoms with Gasteiger partial charge in [-0.25, -0.2) is 4.79 Å². The van der Waals surface area contributed by atoms with Crippen LogP contribution in [0.2, 0.25) is 0 Å². The molecular weight excluding hydrogens is 228 g/mol. The van der Waals surface area contributed by atoms with E-state index >= 15 is 0 Å². The van der Waals surface area contributed by atoms with Gasteiger partial charge in [0.05, 0.1) is 12.7 Å². The molecule has 1 fully saturated rings. The van der Waals surface area contributed by atoms with Gasteiger partial charge < -0.3 is 10.5 Å². The van der Waals surface area contributed by atoms with Gasteiger partial charge in [0.25, 0.3) is 0 Å². The lowest BCUT2D eigenvalue weighted by atomic mass is 10.1. The number of carbonyl (C=O) groups excluding carboxylic acids is 1. The van der Waals surface area contributed by atoms with Crippen LogP contribution in [0.25, 0.3) is 0 Å². The molecule has 1 aliphatic rings. The lowest BCUT2D eigenvalue weighted by Gasteiger charge is -2.26. The van der Waals surface area contributed by atoms with Crippen molar-refractivity contribution in [2.45, 2.75) is 25.8 Å². The molecule has 0 radical (unpaired) electrons. The van der Waals surface area contributed by atoms with Crippen LogP contribution in [0.1, 0.15) is 35.2 Å². The van der Waals surface area contributed by atoms with E-state index in [0.29, 0.717) is 11.3 Å². The Morgan fingerprint density at radius 3 is 2.72 bits per heavy atom. The number of anilines is 1. The molecule has 0 spiro atoms. The number of rotatable bonds is 3. The summed E-state index contributed by atoms with van der Waals surface area (Å²) in [6.07, 6.45) is 3.85. The minimum absolute atomic E-state index is 0.368. The maximum Gasteiger partial charge on any atom is 0.339 e. The molecule has 98 valence electrons. The van der Waals surface area contributed by atoms with Gasteiger partial charge in [-0.1, -0.05) is 12.5 Å². The second kappa shape index (κ2) is 5.87. The minimum atomic E-state index is -0.368. The highest BCUT2D eigenvalue weighted by Gasteiger charge is 2.14. The van der Waals surface area contributed by atoms with Crippen molar-refractivity contribution in [2.75, 3.05) is 25.9 Å². The first-order chi connectivity index (χ1) is 8.70. The third-order valence-electron chi connectivity index (χ3n) is 3.38. The van der Waals surface area contributed by atoms with Crippen LogP contribution < -0.4 is 5.73 Å². The van der Waals surface area contributed by atoms with Crippen molar-refractivity contribution in [1.82, 2.24) is 4.90 Å². The van der Waals surface area contributed by atoms with Crippen molar-refractivity contribution in [1.29, 1.82) is 0 Å². The Morgan fingerprint density at radius 2 is 2.06 bits per heavy atom. The van der Waals surface area contributed by atoms with Crippen molar-refractivity contribution >= 4 is 11.7 Å². The summed E-state index contributed by atoms with van der Waals surface area (Å²) in [6, 6.07) is 5.61. The van der Waals surface area contributed by atoms with Gasteiger partial charge in [-0.2, -0.15) is 0 Å². The Kier molecular flexibility index (Phi) is 4.20. The Labute approximate surface area is 108 Å². The third-order valence-corrected chi connectivity index (χ3v) is 3.38. The summed E-state index contributed by atoms with van der Waals surface area (Å²) in [6.45, 7) is 3.15. The number of nitrogen functional groups attached to an aromatic ring is 1. The molecule has 1 heterocycles. The minimum Gasteiger partial charge on any atom is -0.465 e. The van der Waals surface area contributed by atoms with Crippen molar-refractivity contribution in [3.63, 3.8) is 0 Å². The molecule has 0 bridgehead atoms. The summed E-state index contributed by atoms with van der Waals surface area (Å²) in [5, 5.41) is 0. The number of esters is 1. The first kappa shape index (κ1) is 12.9. The highest BCUT2D eigenvalue weighted by molar-refractivity contribution is 5.95. The van der Waals surface area contributed by atoms with E-state index < -0.39 is 0 Å². The molecule has 0 saturated carbocycles. The van der Waals surface area contributed by atoms with Crippen LogP contribution in [-0.4, -0.2) is 31.1 Å². The van der Waals surface area contributed by atoms with E-state index in [1.807, 2.05) is 12.1 Å². The van der Waals surface area contributed by atoms with E-state index in [9.17, 15) is 4.79 Å². The molecule has 4 nitrogen and oxygen atoms in total. The normalized spacial score (nSPS) is 16.5. The third kappa shape index (κ3) is 3.01. The van der Waals surface area contributed by atoms with E-state index in [2.05, 4.69) is 4.90 Å². The lowest BCUT2D eigenvalue weighted by molar-refractivity contribution is 0.0601. The zero-order valence-electron chi connectivity index (χ0n) is 10.8. The number of nitrogens with two attached hydrogens (primary N) is 1. The summed E-state index contributed by atoms with van der Waals surface area (Å²) < 4.78 is 4.73. The van der Waals surface area contributed by atoms with Crippen molar-refractivity contribution in [3.8, 4) is 0 Å². The largest absolute Gasteiger partial charge is 0.465 e. The quantitative estimate of drug-likeness (QED) is 0.657. The van der Waals surface area contributed by atoms with Crippen molar-refractivity contribution in [2.24, 2.45) is 0 Å². The van der Waals surface area contributed by atoms with Crippen LogP contribution in [0.3, 0.4) is 0 Å². The zero-order chi connectivity index (χ0) is 13.0. The molecule has 4 heteroatoms. The average Bonchev–Trinajstić information content (AvgIpc) is 2.41. The van der Waals surface area contributed by atoms with Gasteiger partial charge in [0.2, 0.25) is 0 Å². The molecule has 1 saturated heterocycles. The number of nitrogens with zero attached hydrogens (tertiary/aromatic N) is 1. The first-order valence-electron chi connectivity index (χ1n) is 6.40. The fourth-order valence-corrected chi connectivity index (χ4v) is 2.36. The van der Waals surface area contributed by atoms with Gasteiger partial charge in [-0.3, -0.25) is 4.90 Å². The molecule has 0 amide bonds. The Morgan fingerprint density at radius 1 is 1.33 bits per heavy atom. The monoisotopic (exact) mass is 248 g/mol. The van der Waals surface area contributed by atoms with Crippen LogP contribution in [-0.2, 0) is 11.3 Å². The van der Waals surface area contributed by atoms with E-state index in [1.54, 1.807) is 6.07 Å². The maximum atomic E-state index is 11.6. The number of ether oxygens (including phenoxy) is 1. The predicted octanol–water partition coefficient (Wildman–Crippen LogP) is 2.04. The molecule has 2 N–H and O–H groups in total. The molecule has 1 aliphatic heterocycles. The second-order valence-electron chi connectivity index (χ2n) is 4.75. The summed E-state index contributed by atoms with van der Waals surface area (Å²) in [4.78, 5) is 14.0. The molecule has 18 heavy (non-hydrogen) atoms. The molecule has 0 atom stereocenters. The molecule has 0 aromatic heterocycles. The van der Waals surface area contributed by atoms with Crippen LogP contribution >= 0.6 is 0 Å². The topological polar surface area (TPSA) is 55.6 Å². The van der Waals surface area contributed by atoms with E-state index in [4.69, 9.17) is 10.5 Å². The maximum absolute atomic E-state index is 11.6. The van der Waals surface area contributed by atoms with Gasteiger partial charge in [0.1, 0.15) is 0 Å². The van der Waals surface area contributed by atoms with Gasteiger partial charge in [0.15, 0.2) is 0 Å². The van der Waals surface area contributed by atoms with Gasteiger partial charge in [-0.15, -0.1) is 0 Å². The van der Waals surface area contributed by atoms with Gasteiger partial charge in [-0.05, 0) is 43.6 Å². The number of piperidine rings is 1. The van der Waals surface area contributed by atoms with Crippen molar-refractivity contribution < 1.29 is 9.53 Å². The van der Waals surface area contributed by atoms with Crippen LogP contribution in [0.5, 0.6) is 0 Å². The highest BCUT2D eigenvalue weighted by Crippen LogP contribution is 2.18. The fourth-order valence-electron chi connectivity index (χ4n) is 2.36. The Hall–Kier alpha value is -1.55. The van der Waals surface area contributed by atoms with Crippen LogP contribution in [0, 0.1) is 0 Å². The SMILES string of the molecule is COC(=O)c1cc(CN2CCCCC2)ccc1N. The van der Waals surface area contributed by atoms with Crippen LogP contribution in [0.15, 0.2) is 18.2 Å². The highest BCUT2D eigenvalue weighted by atomic mass is 16.5. The summed E-state index contributed by atoms with van der Waals surface area (Å²) in [7, 11) is 1.37. The molecule has 1 aromatic rings. The number of hydrogen-bond acceptors (Lipinski definition) is 4. The van der Waals surface area contributed by atoms with E-state index in [1.165, 1.54) is 26.4 Å². The molecule has 0 aliphatic carbocycles. The second-order valence-corrected chi connectivity index (χ2v) is 4.75. The predicted molar refractivity (Wildman–Crippen MR) is 71.3 cm³/mol. The Bertz CT molecular complexity index is 426. The van der Waals surface area contributed by atoms with Crippen LogP contribution in [0.4, 0.5) is 5.69 Å². The molecule has 1 aromatic carbocycles. The molecule has 0 unspecified atom stereocenters. The molecule has 2 rings (SSSR count). The van der Waals surface area contributed by atoms with Gasteiger partial charge in [0, 0.05) is 12.2 Å². The average molecular weight is 248 g/mol. The Balaban J connectivity index is 2.11. The zero-order valence-corrected chi connectivity index (χ0v) is 10.8. The number of methoxy groups -OCH3 is 1. The summed E-state index contributed by atoms with van der Waals surface area (Å²) in [5.74, 6) is -0.368. The van der Waals surface area contributed by atoms with Gasteiger partial charge >= 0.3 is 5.97 Å². The number of hydrogen-bond donors (Lipinski definition) is 1. The standard InChI is InChI=1S/C14H20N2O2/c1-18-14(17)12-9-11(5-6-13(12)15)10-16-7-3-2-4-8-16/h5-6,9H,2-4,7-8,10,15H2,1H3. The van der Waals surface area contributed by atoms with Crippen molar-refractivity contribution in [3.05, 3.63) is 29.3 Å². The number of likely N-dealkylation sites (tertiary alicyclic amines) is 1. The molecular formula is C14H20N2O2. The number of carbonyl (C=O) groups is 1. The lowest BCUT2D eigenvalue weighted by Crippen LogP contribution is -2.29. The van der Waals surface area contributed by atoms with E-state index in [-0.39, 0.29) is 5.97 Å². The van der Waals surface area contributed by atoms with E-state index in [0.717, 1.165) is 25.2 Å². The smallest absolute Gasteiger partial charge is 0.339 e. The summed E-state index contributed by atoms with van der Waals surface area (Å²) >= 11 is 0.